The third-order valence-corrected chi connectivity index (χ3v) is 2.62. The van der Waals surface area contributed by atoms with Gasteiger partial charge in [0.1, 0.15) is 8.30 Å². The molecule has 0 atom stereocenters. The van der Waals surface area contributed by atoms with Crippen LogP contribution in [0.15, 0.2) is 10.7 Å². The maximum atomic E-state index is 12.3. The van der Waals surface area contributed by atoms with E-state index in [2.05, 4.69) is 20.9 Å². The standard InChI is InChI=1S/C6H2BrClF2IN/c7-5-4(6(9)10)2(8)1-3(11)12-5/h1,6H. The molecule has 12 heavy (non-hydrogen) atoms. The molecular weight excluding hydrogens is 366 g/mol. The van der Waals surface area contributed by atoms with Crippen molar-refractivity contribution in [2.45, 2.75) is 6.43 Å². The second-order valence-corrected chi connectivity index (χ2v) is 4.20. The zero-order valence-corrected chi connectivity index (χ0v) is 9.99. The van der Waals surface area contributed by atoms with Gasteiger partial charge in [0.05, 0.1) is 10.6 Å². The Morgan fingerprint density at radius 3 is 2.58 bits per heavy atom. The van der Waals surface area contributed by atoms with E-state index in [1.54, 1.807) is 0 Å². The summed E-state index contributed by atoms with van der Waals surface area (Å²) in [5.74, 6) is 0. The summed E-state index contributed by atoms with van der Waals surface area (Å²) in [4.78, 5) is 3.79. The summed E-state index contributed by atoms with van der Waals surface area (Å²) >= 11 is 10.4. The number of aromatic nitrogens is 1. The van der Waals surface area contributed by atoms with Gasteiger partial charge in [0.2, 0.25) is 0 Å². The fraction of sp³-hybridized carbons (Fsp3) is 0.167. The normalized spacial score (nSPS) is 10.8. The molecule has 0 aliphatic carbocycles. The van der Waals surface area contributed by atoms with Crippen molar-refractivity contribution < 1.29 is 8.78 Å². The van der Waals surface area contributed by atoms with Crippen molar-refractivity contribution in [1.82, 2.24) is 4.98 Å². The van der Waals surface area contributed by atoms with Crippen LogP contribution in [0.3, 0.4) is 0 Å². The minimum atomic E-state index is -2.60. The monoisotopic (exact) mass is 367 g/mol. The molecule has 0 saturated heterocycles. The van der Waals surface area contributed by atoms with Gasteiger partial charge in [0.25, 0.3) is 6.43 Å². The molecule has 66 valence electrons. The molecule has 0 aliphatic heterocycles. The highest BCUT2D eigenvalue weighted by molar-refractivity contribution is 14.1. The summed E-state index contributed by atoms with van der Waals surface area (Å²) in [6.45, 7) is 0. The third kappa shape index (κ3) is 2.26. The highest BCUT2D eigenvalue weighted by Crippen LogP contribution is 2.33. The second-order valence-electron chi connectivity index (χ2n) is 1.93. The Labute approximate surface area is 94.8 Å². The van der Waals surface area contributed by atoms with Crippen molar-refractivity contribution in [3.05, 3.63) is 25.0 Å². The molecule has 1 rings (SSSR count). The van der Waals surface area contributed by atoms with Gasteiger partial charge in [-0.1, -0.05) is 11.6 Å². The van der Waals surface area contributed by atoms with Gasteiger partial charge < -0.3 is 0 Å². The highest BCUT2D eigenvalue weighted by Gasteiger charge is 2.17. The first-order valence-corrected chi connectivity index (χ1v) is 5.07. The van der Waals surface area contributed by atoms with E-state index in [0.717, 1.165) is 0 Å². The van der Waals surface area contributed by atoms with Crippen LogP contribution in [0.1, 0.15) is 12.0 Å². The molecular formula is C6H2BrClF2IN. The quantitative estimate of drug-likeness (QED) is 0.539. The lowest BCUT2D eigenvalue weighted by Gasteiger charge is -2.04. The summed E-state index contributed by atoms with van der Waals surface area (Å²) < 4.78 is 25.2. The smallest absolute Gasteiger partial charge is 0.234 e. The lowest BCUT2D eigenvalue weighted by molar-refractivity contribution is 0.150. The molecule has 1 heterocycles. The molecule has 0 radical (unpaired) electrons. The molecule has 0 saturated carbocycles. The van der Waals surface area contributed by atoms with Crippen LogP contribution in [0.4, 0.5) is 8.78 Å². The van der Waals surface area contributed by atoms with Crippen molar-refractivity contribution in [3.8, 4) is 0 Å². The van der Waals surface area contributed by atoms with E-state index in [0.29, 0.717) is 3.70 Å². The van der Waals surface area contributed by atoms with Crippen LogP contribution in [0.5, 0.6) is 0 Å². The minimum absolute atomic E-state index is 0.0382. The molecule has 0 aliphatic rings. The predicted molar refractivity (Wildman–Crippen MR) is 54.6 cm³/mol. The predicted octanol–water partition coefficient (Wildman–Crippen LogP) is 4.04. The van der Waals surface area contributed by atoms with Crippen LogP contribution in [-0.4, -0.2) is 4.98 Å². The molecule has 0 spiro atoms. The zero-order valence-electron chi connectivity index (χ0n) is 5.49. The molecule has 1 aromatic heterocycles. The van der Waals surface area contributed by atoms with E-state index in [1.807, 2.05) is 22.6 Å². The zero-order chi connectivity index (χ0) is 9.30. The average molecular weight is 368 g/mol. The Morgan fingerprint density at radius 2 is 2.17 bits per heavy atom. The number of pyridine rings is 1. The summed E-state index contributed by atoms with van der Waals surface area (Å²) in [6, 6.07) is 1.40. The lowest BCUT2D eigenvalue weighted by atomic mass is 10.3. The fourth-order valence-electron chi connectivity index (χ4n) is 0.661. The van der Waals surface area contributed by atoms with Crippen LogP contribution in [0.25, 0.3) is 0 Å². The maximum absolute atomic E-state index is 12.3. The van der Waals surface area contributed by atoms with Gasteiger partial charge in [-0.2, -0.15) is 0 Å². The molecule has 0 fully saturated rings. The Bertz CT molecular complexity index is 285. The minimum Gasteiger partial charge on any atom is -0.234 e. The summed E-state index contributed by atoms with van der Waals surface area (Å²) in [5.41, 5.74) is -0.253. The van der Waals surface area contributed by atoms with Gasteiger partial charge in [0, 0.05) is 0 Å². The lowest BCUT2D eigenvalue weighted by Crippen LogP contribution is -1.93. The van der Waals surface area contributed by atoms with Crippen molar-refractivity contribution in [3.63, 3.8) is 0 Å². The van der Waals surface area contributed by atoms with Crippen molar-refractivity contribution in [2.75, 3.05) is 0 Å². The number of nitrogens with zero attached hydrogens (tertiary/aromatic N) is 1. The van der Waals surface area contributed by atoms with Gasteiger partial charge in [-0.05, 0) is 44.6 Å². The van der Waals surface area contributed by atoms with E-state index in [1.165, 1.54) is 6.07 Å². The van der Waals surface area contributed by atoms with E-state index in [-0.39, 0.29) is 15.2 Å². The van der Waals surface area contributed by atoms with Crippen molar-refractivity contribution in [1.29, 1.82) is 0 Å². The molecule has 0 aromatic carbocycles. The fourth-order valence-corrected chi connectivity index (χ4v) is 2.70. The summed E-state index contributed by atoms with van der Waals surface area (Å²) in [6.07, 6.45) is -2.60. The largest absolute Gasteiger partial charge is 0.267 e. The number of halogens is 5. The van der Waals surface area contributed by atoms with Gasteiger partial charge >= 0.3 is 0 Å². The van der Waals surface area contributed by atoms with Crippen molar-refractivity contribution in [2.24, 2.45) is 0 Å². The number of alkyl halides is 2. The Hall–Kier alpha value is 0.510. The van der Waals surface area contributed by atoms with Gasteiger partial charge in [0.15, 0.2) is 0 Å². The van der Waals surface area contributed by atoms with E-state index in [9.17, 15) is 8.78 Å². The first-order chi connectivity index (χ1) is 5.52. The highest BCUT2D eigenvalue weighted by atomic mass is 127. The third-order valence-electron chi connectivity index (χ3n) is 1.15. The second kappa shape index (κ2) is 4.15. The number of rotatable bonds is 1. The van der Waals surface area contributed by atoms with Gasteiger partial charge in [-0.25, -0.2) is 13.8 Å². The molecule has 1 aromatic rings. The first kappa shape index (κ1) is 10.6. The van der Waals surface area contributed by atoms with Crippen LogP contribution in [0, 0.1) is 3.70 Å². The number of hydrogen-bond acceptors (Lipinski definition) is 1. The molecule has 0 amide bonds. The molecule has 0 unspecified atom stereocenters. The van der Waals surface area contributed by atoms with Crippen LogP contribution in [0.2, 0.25) is 5.02 Å². The van der Waals surface area contributed by atoms with Crippen LogP contribution in [-0.2, 0) is 0 Å². The molecule has 0 N–H and O–H groups in total. The maximum Gasteiger partial charge on any atom is 0.267 e. The van der Waals surface area contributed by atoms with E-state index < -0.39 is 6.43 Å². The number of hydrogen-bond donors (Lipinski definition) is 0. The average Bonchev–Trinajstić information content (AvgIpc) is 1.82. The summed E-state index contributed by atoms with van der Waals surface area (Å²) in [5, 5.41) is 0.0382. The van der Waals surface area contributed by atoms with E-state index >= 15 is 0 Å². The topological polar surface area (TPSA) is 12.9 Å². The molecule has 6 heteroatoms. The van der Waals surface area contributed by atoms with Gasteiger partial charge in [-0.15, -0.1) is 0 Å². The molecule has 0 bridgehead atoms. The Morgan fingerprint density at radius 1 is 1.58 bits per heavy atom. The Balaban J connectivity index is 3.28. The van der Waals surface area contributed by atoms with E-state index in [4.69, 9.17) is 11.6 Å². The Kier molecular flexibility index (Phi) is 3.66. The molecule has 1 nitrogen and oxygen atoms in total. The SMILES string of the molecule is FC(F)c1c(Cl)cc(I)nc1Br. The van der Waals surface area contributed by atoms with Crippen LogP contribution >= 0.6 is 50.1 Å². The van der Waals surface area contributed by atoms with Crippen LogP contribution < -0.4 is 0 Å². The summed E-state index contributed by atoms with van der Waals surface area (Å²) in [7, 11) is 0. The van der Waals surface area contributed by atoms with Crippen molar-refractivity contribution >= 4 is 50.1 Å². The van der Waals surface area contributed by atoms with Gasteiger partial charge in [-0.3, -0.25) is 0 Å². The first-order valence-electron chi connectivity index (χ1n) is 2.82.